The molecule has 5 nitrogen and oxygen atoms in total. The molecule has 1 heterocycles. The maximum absolute atomic E-state index is 13.2. The molecule has 0 fully saturated rings. The average Bonchev–Trinajstić information content (AvgIpc) is 2.58. The molecule has 0 unspecified atom stereocenters. The van der Waals surface area contributed by atoms with E-state index in [4.69, 9.17) is 5.41 Å². The van der Waals surface area contributed by atoms with Gasteiger partial charge in [-0.3, -0.25) is 16.3 Å². The third kappa shape index (κ3) is 1.90. The van der Waals surface area contributed by atoms with Gasteiger partial charge in [0.2, 0.25) is 0 Å². The Hall–Kier alpha value is -2.24. The van der Waals surface area contributed by atoms with E-state index in [-0.39, 0.29) is 17.3 Å². The summed E-state index contributed by atoms with van der Waals surface area (Å²) in [4.78, 5) is 0. The van der Waals surface area contributed by atoms with Crippen LogP contribution in [0.25, 0.3) is 0 Å². The molecule has 3 N–H and O–H groups in total. The molecule has 6 heteroatoms. The minimum Gasteiger partial charge on any atom is -0.281 e. The number of para-hydroxylation sites is 1. The summed E-state index contributed by atoms with van der Waals surface area (Å²) in [5, 5.41) is 15.2. The van der Waals surface area contributed by atoms with Crippen LogP contribution in [0.5, 0.6) is 0 Å². The zero-order chi connectivity index (χ0) is 11.5. The van der Waals surface area contributed by atoms with E-state index in [0.717, 1.165) is 0 Å². The average molecular weight is 219 g/mol. The number of amidine groups is 1. The van der Waals surface area contributed by atoms with E-state index < -0.39 is 0 Å². The van der Waals surface area contributed by atoms with Crippen molar-refractivity contribution < 1.29 is 4.39 Å². The molecular formula is C10H10FN5. The fourth-order valence-corrected chi connectivity index (χ4v) is 1.23. The number of nitrogens with zero attached hydrogens (tertiary/aromatic N) is 2. The lowest BCUT2D eigenvalue weighted by atomic mass is 10.2. The first-order chi connectivity index (χ1) is 7.68. The summed E-state index contributed by atoms with van der Waals surface area (Å²) in [6, 6.07) is 6.20. The van der Waals surface area contributed by atoms with Crippen LogP contribution in [0, 0.1) is 11.2 Å². The molecule has 1 aliphatic rings. The van der Waals surface area contributed by atoms with Crippen molar-refractivity contribution in [2.75, 3.05) is 5.43 Å². The number of benzene rings is 1. The molecule has 1 aromatic carbocycles. The highest BCUT2D eigenvalue weighted by molar-refractivity contribution is 6.69. The molecule has 0 spiro atoms. The SMILES string of the molecule is CC1=NNC(=N)/C1=N\Nc1ccccc1F. The summed E-state index contributed by atoms with van der Waals surface area (Å²) in [6.45, 7) is 1.72. The van der Waals surface area contributed by atoms with Crippen LogP contribution < -0.4 is 10.9 Å². The van der Waals surface area contributed by atoms with E-state index in [1.54, 1.807) is 25.1 Å². The second-order valence-corrected chi connectivity index (χ2v) is 3.24. The quantitative estimate of drug-likeness (QED) is 0.660. The van der Waals surface area contributed by atoms with E-state index in [0.29, 0.717) is 11.4 Å². The van der Waals surface area contributed by atoms with Gasteiger partial charge in [-0.1, -0.05) is 12.1 Å². The zero-order valence-corrected chi connectivity index (χ0v) is 8.58. The topological polar surface area (TPSA) is 72.6 Å². The van der Waals surface area contributed by atoms with E-state index in [9.17, 15) is 4.39 Å². The lowest BCUT2D eigenvalue weighted by Crippen LogP contribution is -2.22. The van der Waals surface area contributed by atoms with Crippen LogP contribution in [0.15, 0.2) is 34.5 Å². The summed E-state index contributed by atoms with van der Waals surface area (Å²) in [6.07, 6.45) is 0. The second-order valence-electron chi connectivity index (χ2n) is 3.24. The minimum atomic E-state index is -0.390. The molecule has 0 saturated carbocycles. The van der Waals surface area contributed by atoms with Crippen molar-refractivity contribution >= 4 is 22.9 Å². The van der Waals surface area contributed by atoms with Gasteiger partial charge in [0.05, 0.1) is 11.4 Å². The Morgan fingerprint density at radius 2 is 2.19 bits per heavy atom. The number of rotatable bonds is 2. The molecule has 0 aliphatic carbocycles. The smallest absolute Gasteiger partial charge is 0.168 e. The first-order valence-corrected chi connectivity index (χ1v) is 4.66. The Bertz CT molecular complexity index is 492. The van der Waals surface area contributed by atoms with Gasteiger partial charge in [-0.05, 0) is 19.1 Å². The molecule has 0 radical (unpaired) electrons. The van der Waals surface area contributed by atoms with E-state index in [2.05, 4.69) is 21.1 Å². The van der Waals surface area contributed by atoms with Gasteiger partial charge in [-0.25, -0.2) is 4.39 Å². The van der Waals surface area contributed by atoms with E-state index in [1.807, 2.05) is 0 Å². The molecule has 0 bridgehead atoms. The first-order valence-electron chi connectivity index (χ1n) is 4.66. The van der Waals surface area contributed by atoms with Gasteiger partial charge < -0.3 is 0 Å². The van der Waals surface area contributed by atoms with Crippen LogP contribution in [0.1, 0.15) is 6.92 Å². The Morgan fingerprint density at radius 3 is 2.81 bits per heavy atom. The number of halogens is 1. The summed E-state index contributed by atoms with van der Waals surface area (Å²) >= 11 is 0. The van der Waals surface area contributed by atoms with Crippen molar-refractivity contribution in [2.24, 2.45) is 10.2 Å². The number of nitrogens with one attached hydrogen (secondary N) is 3. The van der Waals surface area contributed by atoms with Crippen LogP contribution in [0.4, 0.5) is 10.1 Å². The van der Waals surface area contributed by atoms with Crippen molar-refractivity contribution in [3.05, 3.63) is 30.1 Å². The highest BCUT2D eigenvalue weighted by atomic mass is 19.1. The summed E-state index contributed by atoms with van der Waals surface area (Å²) in [7, 11) is 0. The molecule has 2 rings (SSSR count). The molecule has 16 heavy (non-hydrogen) atoms. The molecule has 0 aromatic heterocycles. The lowest BCUT2D eigenvalue weighted by Gasteiger charge is -2.02. The molecular weight excluding hydrogens is 209 g/mol. The van der Waals surface area contributed by atoms with Gasteiger partial charge in [0.1, 0.15) is 11.5 Å². The van der Waals surface area contributed by atoms with Gasteiger partial charge in [0.15, 0.2) is 5.84 Å². The largest absolute Gasteiger partial charge is 0.281 e. The van der Waals surface area contributed by atoms with Crippen LogP contribution in [0.2, 0.25) is 0 Å². The second kappa shape index (κ2) is 4.09. The van der Waals surface area contributed by atoms with Gasteiger partial charge in [-0.15, -0.1) is 0 Å². The van der Waals surface area contributed by atoms with Crippen LogP contribution >= 0.6 is 0 Å². The van der Waals surface area contributed by atoms with Crippen molar-refractivity contribution in [3.63, 3.8) is 0 Å². The van der Waals surface area contributed by atoms with Crippen LogP contribution in [-0.4, -0.2) is 17.3 Å². The highest BCUT2D eigenvalue weighted by Crippen LogP contribution is 2.12. The van der Waals surface area contributed by atoms with Crippen LogP contribution in [0.3, 0.4) is 0 Å². The molecule has 82 valence electrons. The van der Waals surface area contributed by atoms with Gasteiger partial charge in [0, 0.05) is 0 Å². The summed E-state index contributed by atoms with van der Waals surface area (Å²) < 4.78 is 13.2. The summed E-state index contributed by atoms with van der Waals surface area (Å²) in [5.41, 5.74) is 6.28. The predicted octanol–water partition coefficient (Wildman–Crippen LogP) is 1.55. The Morgan fingerprint density at radius 1 is 1.44 bits per heavy atom. The fourth-order valence-electron chi connectivity index (χ4n) is 1.23. The molecule has 1 aromatic rings. The highest BCUT2D eigenvalue weighted by Gasteiger charge is 2.17. The van der Waals surface area contributed by atoms with Crippen molar-refractivity contribution in [1.82, 2.24) is 5.43 Å². The fraction of sp³-hybridized carbons (Fsp3) is 0.100. The Labute approximate surface area is 91.6 Å². The van der Waals surface area contributed by atoms with Crippen molar-refractivity contribution in [3.8, 4) is 0 Å². The van der Waals surface area contributed by atoms with Crippen molar-refractivity contribution in [1.29, 1.82) is 5.41 Å². The predicted molar refractivity (Wildman–Crippen MR) is 61.4 cm³/mol. The van der Waals surface area contributed by atoms with Gasteiger partial charge in [0.25, 0.3) is 0 Å². The molecule has 0 amide bonds. The monoisotopic (exact) mass is 219 g/mol. The van der Waals surface area contributed by atoms with Crippen molar-refractivity contribution in [2.45, 2.75) is 6.92 Å². The minimum absolute atomic E-state index is 0.0985. The lowest BCUT2D eigenvalue weighted by molar-refractivity contribution is 0.631. The molecule has 1 aliphatic heterocycles. The third-order valence-corrected chi connectivity index (χ3v) is 2.08. The number of hydrogen-bond acceptors (Lipinski definition) is 4. The summed E-state index contributed by atoms with van der Waals surface area (Å²) in [5.74, 6) is -0.291. The van der Waals surface area contributed by atoms with E-state index >= 15 is 0 Å². The number of anilines is 1. The maximum Gasteiger partial charge on any atom is 0.168 e. The van der Waals surface area contributed by atoms with Gasteiger partial charge in [-0.2, -0.15) is 10.2 Å². The van der Waals surface area contributed by atoms with Gasteiger partial charge >= 0.3 is 0 Å². The molecule has 0 atom stereocenters. The zero-order valence-electron chi connectivity index (χ0n) is 8.58. The third-order valence-electron chi connectivity index (χ3n) is 2.08. The Kier molecular flexibility index (Phi) is 2.63. The first kappa shape index (κ1) is 10.3. The molecule has 0 saturated heterocycles. The number of hydrogen-bond donors (Lipinski definition) is 3. The Balaban J connectivity index is 2.18. The van der Waals surface area contributed by atoms with E-state index in [1.165, 1.54) is 6.07 Å². The van der Waals surface area contributed by atoms with Crippen LogP contribution in [-0.2, 0) is 0 Å². The number of hydrazone groups is 2. The normalized spacial score (nSPS) is 17.2. The standard InChI is InChI=1S/C10H10FN5/c1-6-9(10(12)16-13-6)15-14-8-5-3-2-4-7(8)11/h2-5,14H,1H3,(H2,12,15,16). The maximum atomic E-state index is 13.2.